The number of nitriles is 1. The number of rotatable bonds is 5. The fraction of sp³-hybridized carbons (Fsp3) is 0.370. The molecule has 4 heterocycles. The maximum atomic E-state index is 12.4. The van der Waals surface area contributed by atoms with Crippen LogP contribution in [0.15, 0.2) is 44.1 Å². The number of hydrogen-bond acceptors (Lipinski definition) is 7. The zero-order chi connectivity index (χ0) is 23.8. The first kappa shape index (κ1) is 27.7. The summed E-state index contributed by atoms with van der Waals surface area (Å²) in [6, 6.07) is 9.80. The van der Waals surface area contributed by atoms with Gasteiger partial charge in [0.05, 0.1) is 11.8 Å². The summed E-state index contributed by atoms with van der Waals surface area (Å²) >= 11 is 0. The highest BCUT2D eigenvalue weighted by molar-refractivity contribution is 5.97. The van der Waals surface area contributed by atoms with E-state index in [1.807, 2.05) is 45.2 Å². The molecule has 0 N–H and O–H groups in total. The van der Waals surface area contributed by atoms with Gasteiger partial charge in [-0.15, -0.1) is 24.8 Å². The molecule has 7 nitrogen and oxygen atoms in total. The van der Waals surface area contributed by atoms with Crippen LogP contribution in [0.25, 0.3) is 33.3 Å². The molecular formula is C27H30Cl2N4O3. The lowest BCUT2D eigenvalue weighted by atomic mass is 10.0. The van der Waals surface area contributed by atoms with Crippen LogP contribution >= 0.6 is 24.8 Å². The molecule has 0 aliphatic carbocycles. The third kappa shape index (κ3) is 5.28. The Kier molecular flexibility index (Phi) is 8.80. The van der Waals surface area contributed by atoms with Crippen LogP contribution in [0.2, 0.25) is 0 Å². The van der Waals surface area contributed by atoms with Gasteiger partial charge >= 0.3 is 5.63 Å². The Hall–Kier alpha value is -2.89. The number of nitrogens with zero attached hydrogens (tertiary/aromatic N) is 4. The summed E-state index contributed by atoms with van der Waals surface area (Å²) in [7, 11) is 0. The zero-order valence-corrected chi connectivity index (χ0v) is 22.3. The Labute approximate surface area is 222 Å². The van der Waals surface area contributed by atoms with Crippen molar-refractivity contribution in [1.29, 1.82) is 5.26 Å². The number of pyridine rings is 1. The van der Waals surface area contributed by atoms with E-state index in [0.717, 1.165) is 83.6 Å². The van der Waals surface area contributed by atoms with E-state index in [4.69, 9.17) is 14.1 Å². The Bertz CT molecular complexity index is 1480. The number of hydrogen-bond donors (Lipinski definition) is 0. The Morgan fingerprint density at radius 3 is 2.42 bits per heavy atom. The third-order valence-corrected chi connectivity index (χ3v) is 6.92. The van der Waals surface area contributed by atoms with Gasteiger partial charge < -0.3 is 8.83 Å². The summed E-state index contributed by atoms with van der Waals surface area (Å²) < 4.78 is 11.9. The molecule has 190 valence electrons. The third-order valence-electron chi connectivity index (χ3n) is 6.92. The molecule has 0 saturated carbocycles. The van der Waals surface area contributed by atoms with Crippen LogP contribution < -0.4 is 5.63 Å². The Balaban J connectivity index is 0.00000180. The van der Waals surface area contributed by atoms with Crippen molar-refractivity contribution < 1.29 is 8.83 Å². The van der Waals surface area contributed by atoms with Gasteiger partial charge in [-0.2, -0.15) is 5.26 Å². The predicted octanol–water partition coefficient (Wildman–Crippen LogP) is 5.40. The molecule has 0 radical (unpaired) electrons. The minimum Gasteiger partial charge on any atom is -0.454 e. The van der Waals surface area contributed by atoms with E-state index in [1.165, 1.54) is 6.07 Å². The van der Waals surface area contributed by atoms with Crippen molar-refractivity contribution >= 4 is 46.8 Å². The molecule has 0 atom stereocenters. The molecule has 1 aliphatic heterocycles. The van der Waals surface area contributed by atoms with Gasteiger partial charge in [0, 0.05) is 74.3 Å². The normalized spacial score (nSPS) is 14.4. The molecule has 1 aromatic carbocycles. The van der Waals surface area contributed by atoms with Crippen molar-refractivity contribution in [3.05, 3.63) is 63.3 Å². The van der Waals surface area contributed by atoms with Gasteiger partial charge in [0.25, 0.3) is 0 Å². The number of aromatic nitrogens is 1. The molecular weight excluding hydrogens is 499 g/mol. The number of piperazine rings is 1. The highest BCUT2D eigenvalue weighted by Gasteiger charge is 2.21. The molecule has 1 saturated heterocycles. The summed E-state index contributed by atoms with van der Waals surface area (Å²) in [5.74, 6) is 0.648. The van der Waals surface area contributed by atoms with Crippen molar-refractivity contribution in [2.75, 3.05) is 32.7 Å². The summed E-state index contributed by atoms with van der Waals surface area (Å²) in [5, 5.41) is 10.7. The molecule has 0 spiro atoms. The van der Waals surface area contributed by atoms with Gasteiger partial charge in [0.2, 0.25) is 0 Å². The molecule has 0 unspecified atom stereocenters. The smallest absolute Gasteiger partial charge is 0.336 e. The van der Waals surface area contributed by atoms with Gasteiger partial charge in [-0.25, -0.2) is 4.79 Å². The summed E-state index contributed by atoms with van der Waals surface area (Å²) in [5.41, 5.74) is 5.68. The van der Waals surface area contributed by atoms with Crippen molar-refractivity contribution in [2.45, 2.75) is 33.7 Å². The van der Waals surface area contributed by atoms with Crippen LogP contribution in [0.1, 0.15) is 28.8 Å². The first-order valence-electron chi connectivity index (χ1n) is 11.7. The maximum absolute atomic E-state index is 12.4. The summed E-state index contributed by atoms with van der Waals surface area (Å²) in [6.45, 7) is 11.4. The average molecular weight is 529 g/mol. The van der Waals surface area contributed by atoms with Crippen molar-refractivity contribution in [2.24, 2.45) is 0 Å². The number of fused-ring (bicyclic) bond motifs is 2. The fourth-order valence-electron chi connectivity index (χ4n) is 4.74. The molecule has 0 amide bonds. The minimum absolute atomic E-state index is 0. The molecule has 5 rings (SSSR count). The lowest BCUT2D eigenvalue weighted by molar-refractivity contribution is 0.129. The second-order valence-corrected chi connectivity index (χ2v) is 9.11. The molecule has 3 aromatic heterocycles. The Morgan fingerprint density at radius 2 is 1.69 bits per heavy atom. The van der Waals surface area contributed by atoms with Crippen molar-refractivity contribution in [3.63, 3.8) is 0 Å². The fourth-order valence-corrected chi connectivity index (χ4v) is 4.74. The summed E-state index contributed by atoms with van der Waals surface area (Å²) in [4.78, 5) is 21.7. The van der Waals surface area contributed by atoms with Crippen LogP contribution in [0, 0.1) is 32.1 Å². The molecule has 9 heteroatoms. The van der Waals surface area contributed by atoms with Gasteiger partial charge in [0.1, 0.15) is 11.3 Å². The zero-order valence-electron chi connectivity index (χ0n) is 20.7. The second kappa shape index (κ2) is 11.4. The monoisotopic (exact) mass is 528 g/mol. The van der Waals surface area contributed by atoms with Gasteiger partial charge in [-0.05, 0) is 43.5 Å². The Morgan fingerprint density at radius 1 is 0.972 bits per heavy atom. The standard InChI is InChI=1S/C27H28N4O3.2ClH/c1-17-5-6-21-23(14-25(32)34-26(21)18(17)2)24-13-22-20(15-29-19(3)27(22)33-24)16-31-11-9-30(10-12-31)8-4-7-28;;/h5-6,13-15H,4,8-12,16H2,1-3H3;2*1H. The predicted molar refractivity (Wildman–Crippen MR) is 146 cm³/mol. The van der Waals surface area contributed by atoms with E-state index in [0.29, 0.717) is 17.8 Å². The van der Waals surface area contributed by atoms with E-state index in [2.05, 4.69) is 20.9 Å². The largest absolute Gasteiger partial charge is 0.454 e. The van der Waals surface area contributed by atoms with Crippen LogP contribution in [0.4, 0.5) is 0 Å². The molecule has 36 heavy (non-hydrogen) atoms. The number of aryl methyl sites for hydroxylation is 3. The maximum Gasteiger partial charge on any atom is 0.336 e. The first-order valence-corrected chi connectivity index (χ1v) is 11.7. The topological polar surface area (TPSA) is 86.5 Å². The van der Waals surface area contributed by atoms with Crippen LogP contribution in [0.5, 0.6) is 0 Å². The molecule has 0 bridgehead atoms. The number of benzene rings is 1. The minimum atomic E-state index is -0.388. The molecule has 1 fully saturated rings. The van der Waals surface area contributed by atoms with Gasteiger partial charge in [-0.1, -0.05) is 12.1 Å². The van der Waals surface area contributed by atoms with E-state index in [1.54, 1.807) is 0 Å². The van der Waals surface area contributed by atoms with Crippen LogP contribution in [-0.4, -0.2) is 47.5 Å². The van der Waals surface area contributed by atoms with E-state index < -0.39 is 0 Å². The van der Waals surface area contributed by atoms with Crippen LogP contribution in [-0.2, 0) is 6.54 Å². The average Bonchev–Trinajstić information content (AvgIpc) is 3.29. The number of halogens is 2. The van der Waals surface area contributed by atoms with E-state index >= 15 is 0 Å². The van der Waals surface area contributed by atoms with Gasteiger partial charge in [-0.3, -0.25) is 14.8 Å². The SMILES string of the molecule is Cc1ccc2c(-c3cc4c(CN5CCN(CCC#N)CC5)cnc(C)c4o3)cc(=O)oc2c1C.Cl.Cl. The molecule has 4 aromatic rings. The van der Waals surface area contributed by atoms with Crippen LogP contribution in [0.3, 0.4) is 0 Å². The lowest BCUT2D eigenvalue weighted by Gasteiger charge is -2.34. The highest BCUT2D eigenvalue weighted by Crippen LogP contribution is 2.35. The van der Waals surface area contributed by atoms with E-state index in [-0.39, 0.29) is 30.4 Å². The lowest BCUT2D eigenvalue weighted by Crippen LogP contribution is -2.46. The van der Waals surface area contributed by atoms with Crippen molar-refractivity contribution in [3.8, 4) is 17.4 Å². The first-order chi connectivity index (χ1) is 16.4. The second-order valence-electron chi connectivity index (χ2n) is 9.11. The quantitative estimate of drug-likeness (QED) is 0.320. The van der Waals surface area contributed by atoms with E-state index in [9.17, 15) is 4.79 Å². The highest BCUT2D eigenvalue weighted by atomic mass is 35.5. The summed E-state index contributed by atoms with van der Waals surface area (Å²) in [6.07, 6.45) is 2.51. The number of furan rings is 1. The molecule has 1 aliphatic rings. The van der Waals surface area contributed by atoms with Crippen molar-refractivity contribution in [1.82, 2.24) is 14.8 Å². The van der Waals surface area contributed by atoms with Gasteiger partial charge in [0.15, 0.2) is 5.58 Å².